The summed E-state index contributed by atoms with van der Waals surface area (Å²) in [6, 6.07) is 5.86. The van der Waals surface area contributed by atoms with Crippen molar-refractivity contribution in [2.24, 2.45) is 4.99 Å². The van der Waals surface area contributed by atoms with Gasteiger partial charge in [-0.15, -0.1) is 24.0 Å². The first-order valence-electron chi connectivity index (χ1n) is 10.6. The summed E-state index contributed by atoms with van der Waals surface area (Å²) in [7, 11) is 0. The number of hydrogen-bond donors (Lipinski definition) is 2. The van der Waals surface area contributed by atoms with E-state index in [1.54, 1.807) is 6.07 Å². The second-order valence-electron chi connectivity index (χ2n) is 7.70. The summed E-state index contributed by atoms with van der Waals surface area (Å²) >= 11 is 0. The molecule has 1 aliphatic heterocycles. The van der Waals surface area contributed by atoms with Gasteiger partial charge >= 0.3 is 6.18 Å². The van der Waals surface area contributed by atoms with Crippen LogP contribution in [0.1, 0.15) is 38.2 Å². The van der Waals surface area contributed by atoms with E-state index in [1.807, 2.05) is 11.8 Å². The van der Waals surface area contributed by atoms with Gasteiger partial charge in [0.25, 0.3) is 0 Å². The van der Waals surface area contributed by atoms with Crippen LogP contribution in [0, 0.1) is 0 Å². The number of nitrogens with zero attached hydrogens (tertiary/aromatic N) is 3. The Hall–Kier alpha value is -1.72. The van der Waals surface area contributed by atoms with Crippen LogP contribution in [0.2, 0.25) is 0 Å². The van der Waals surface area contributed by atoms with Crippen molar-refractivity contribution in [3.8, 4) is 0 Å². The first-order chi connectivity index (χ1) is 14.4. The maximum absolute atomic E-state index is 13.0. The fourth-order valence-electron chi connectivity index (χ4n) is 3.43. The lowest BCUT2D eigenvalue weighted by Crippen LogP contribution is -2.52. The summed E-state index contributed by atoms with van der Waals surface area (Å²) in [6.07, 6.45) is -0.999. The van der Waals surface area contributed by atoms with Crippen LogP contribution in [0.3, 0.4) is 0 Å². The zero-order chi connectivity index (χ0) is 21.6. The zero-order valence-electron chi connectivity index (χ0n) is 17.7. The molecule has 0 aromatic heterocycles. The largest absolute Gasteiger partial charge is 0.416 e. The van der Waals surface area contributed by atoms with Gasteiger partial charge in [0, 0.05) is 57.4 Å². The van der Waals surface area contributed by atoms with E-state index in [0.717, 1.165) is 31.4 Å². The number of rotatable bonds is 7. The van der Waals surface area contributed by atoms with E-state index in [0.29, 0.717) is 57.3 Å². The second kappa shape index (κ2) is 11.8. The Labute approximate surface area is 198 Å². The minimum absolute atomic E-state index is 0. The minimum atomic E-state index is -4.34. The fourth-order valence-corrected chi connectivity index (χ4v) is 3.43. The first kappa shape index (κ1) is 25.5. The molecule has 3 rings (SSSR count). The van der Waals surface area contributed by atoms with Gasteiger partial charge in [0.15, 0.2) is 5.96 Å². The molecule has 10 heteroatoms. The van der Waals surface area contributed by atoms with Gasteiger partial charge < -0.3 is 20.4 Å². The Morgan fingerprint density at radius 1 is 1.19 bits per heavy atom. The highest BCUT2D eigenvalue weighted by molar-refractivity contribution is 14.0. The predicted molar refractivity (Wildman–Crippen MR) is 127 cm³/mol. The molecule has 6 nitrogen and oxygen atoms in total. The lowest BCUT2D eigenvalue weighted by Gasteiger charge is -2.38. The van der Waals surface area contributed by atoms with E-state index < -0.39 is 11.7 Å². The van der Waals surface area contributed by atoms with Gasteiger partial charge in [-0.2, -0.15) is 13.2 Å². The monoisotopic (exact) mass is 553 g/mol. The number of carbonyl (C=O) groups is 1. The van der Waals surface area contributed by atoms with Gasteiger partial charge in [0.05, 0.1) is 5.56 Å². The van der Waals surface area contributed by atoms with Gasteiger partial charge in [-0.1, -0.05) is 6.07 Å². The quantitative estimate of drug-likeness (QED) is 0.235. The number of aliphatic imine (C=N–C) groups is 1. The molecule has 2 aliphatic rings. The number of benzene rings is 1. The lowest BCUT2D eigenvalue weighted by molar-refractivity contribution is -0.137. The first-order valence-corrected chi connectivity index (χ1v) is 10.6. The molecule has 2 fully saturated rings. The van der Waals surface area contributed by atoms with Crippen LogP contribution < -0.4 is 15.5 Å². The molecule has 2 N–H and O–H groups in total. The average Bonchev–Trinajstić information content (AvgIpc) is 3.54. The molecule has 1 amide bonds. The summed E-state index contributed by atoms with van der Waals surface area (Å²) in [6.45, 7) is 5.88. The van der Waals surface area contributed by atoms with Crippen molar-refractivity contribution in [2.75, 3.05) is 44.2 Å². The van der Waals surface area contributed by atoms with Crippen LogP contribution in [-0.2, 0) is 11.0 Å². The zero-order valence-corrected chi connectivity index (χ0v) is 20.1. The van der Waals surface area contributed by atoms with E-state index in [1.165, 1.54) is 12.1 Å². The molecule has 0 bridgehead atoms. The molecule has 0 radical (unpaired) electrons. The summed E-state index contributed by atoms with van der Waals surface area (Å²) in [5.74, 6) is 0.885. The SMILES string of the molecule is CCNC(=NCCCC(=O)NC1CC1)N1CCN(c2cccc(C(F)(F)F)c2)CC1.I. The van der Waals surface area contributed by atoms with Crippen LogP contribution in [-0.4, -0.2) is 62.1 Å². The molecular formula is C21H31F3IN5O. The van der Waals surface area contributed by atoms with Crippen molar-refractivity contribution in [1.29, 1.82) is 0 Å². The molecule has 0 atom stereocenters. The average molecular weight is 553 g/mol. The minimum Gasteiger partial charge on any atom is -0.368 e. The van der Waals surface area contributed by atoms with Crippen molar-refractivity contribution in [2.45, 2.75) is 44.8 Å². The summed E-state index contributed by atoms with van der Waals surface area (Å²) in [5, 5.41) is 6.25. The Bertz CT molecular complexity index is 747. The summed E-state index contributed by atoms with van der Waals surface area (Å²) in [5.41, 5.74) is -0.0313. The Kier molecular flexibility index (Phi) is 9.70. The molecule has 1 heterocycles. The molecule has 1 aromatic carbocycles. The van der Waals surface area contributed by atoms with E-state index in [-0.39, 0.29) is 29.9 Å². The summed E-state index contributed by atoms with van der Waals surface area (Å²) < 4.78 is 38.9. The van der Waals surface area contributed by atoms with Crippen LogP contribution in [0.5, 0.6) is 0 Å². The number of nitrogens with one attached hydrogen (secondary N) is 2. The second-order valence-corrected chi connectivity index (χ2v) is 7.70. The Morgan fingerprint density at radius 3 is 2.52 bits per heavy atom. The van der Waals surface area contributed by atoms with Crippen LogP contribution in [0.15, 0.2) is 29.3 Å². The molecule has 174 valence electrons. The predicted octanol–water partition coefficient (Wildman–Crippen LogP) is 3.47. The third kappa shape index (κ3) is 8.04. The number of guanidine groups is 1. The van der Waals surface area contributed by atoms with Gasteiger partial charge in [-0.25, -0.2) is 0 Å². The topological polar surface area (TPSA) is 60.0 Å². The highest BCUT2D eigenvalue weighted by Gasteiger charge is 2.31. The van der Waals surface area contributed by atoms with Gasteiger partial charge in [-0.05, 0) is 44.4 Å². The highest BCUT2D eigenvalue weighted by Crippen LogP contribution is 2.31. The molecule has 1 aliphatic carbocycles. The molecule has 1 saturated carbocycles. The number of piperazine rings is 1. The normalized spacial score (nSPS) is 17.2. The van der Waals surface area contributed by atoms with Crippen molar-refractivity contribution < 1.29 is 18.0 Å². The van der Waals surface area contributed by atoms with Crippen LogP contribution in [0.4, 0.5) is 18.9 Å². The number of anilines is 1. The number of carbonyl (C=O) groups excluding carboxylic acids is 1. The van der Waals surface area contributed by atoms with Crippen molar-refractivity contribution in [3.05, 3.63) is 29.8 Å². The molecule has 1 saturated heterocycles. The number of alkyl halides is 3. The van der Waals surface area contributed by atoms with Gasteiger partial charge in [0.1, 0.15) is 0 Å². The summed E-state index contributed by atoms with van der Waals surface area (Å²) in [4.78, 5) is 20.5. The van der Waals surface area contributed by atoms with Crippen molar-refractivity contribution in [3.63, 3.8) is 0 Å². The van der Waals surface area contributed by atoms with E-state index in [9.17, 15) is 18.0 Å². The molecular weight excluding hydrogens is 522 g/mol. The third-order valence-electron chi connectivity index (χ3n) is 5.22. The standard InChI is InChI=1S/C21H30F3N5O.HI/c1-2-25-20(26-10-4-7-19(30)27-17-8-9-17)29-13-11-28(12-14-29)18-6-3-5-16(15-18)21(22,23)24;/h3,5-6,15,17H,2,4,7-14H2,1H3,(H,25,26)(H,27,30);1H. The number of halogens is 4. The molecule has 0 spiro atoms. The van der Waals surface area contributed by atoms with Gasteiger partial charge in [-0.3, -0.25) is 9.79 Å². The van der Waals surface area contributed by atoms with E-state index in [2.05, 4.69) is 20.5 Å². The van der Waals surface area contributed by atoms with Crippen molar-refractivity contribution in [1.82, 2.24) is 15.5 Å². The van der Waals surface area contributed by atoms with Gasteiger partial charge in [0.2, 0.25) is 5.91 Å². The Balaban J connectivity index is 0.00000341. The third-order valence-corrected chi connectivity index (χ3v) is 5.22. The molecule has 31 heavy (non-hydrogen) atoms. The van der Waals surface area contributed by atoms with E-state index in [4.69, 9.17) is 0 Å². The van der Waals surface area contributed by atoms with Crippen LogP contribution in [0.25, 0.3) is 0 Å². The Morgan fingerprint density at radius 2 is 1.90 bits per heavy atom. The molecule has 0 unspecified atom stereocenters. The lowest BCUT2D eigenvalue weighted by atomic mass is 10.1. The smallest absolute Gasteiger partial charge is 0.368 e. The van der Waals surface area contributed by atoms with E-state index >= 15 is 0 Å². The fraction of sp³-hybridized carbons (Fsp3) is 0.619. The number of amides is 1. The van der Waals surface area contributed by atoms with Crippen LogP contribution >= 0.6 is 24.0 Å². The van der Waals surface area contributed by atoms with Crippen molar-refractivity contribution >= 4 is 41.5 Å². The highest BCUT2D eigenvalue weighted by atomic mass is 127. The number of hydrogen-bond acceptors (Lipinski definition) is 3. The molecule has 1 aromatic rings. The maximum Gasteiger partial charge on any atom is 0.416 e. The maximum atomic E-state index is 13.0.